The summed E-state index contributed by atoms with van der Waals surface area (Å²) in [6.45, 7) is 1.94. The molecule has 0 aliphatic carbocycles. The van der Waals surface area contributed by atoms with Crippen molar-refractivity contribution in [1.82, 2.24) is 0 Å². The first-order valence-corrected chi connectivity index (χ1v) is 10.2. The van der Waals surface area contributed by atoms with Crippen LogP contribution in [0.3, 0.4) is 0 Å². The van der Waals surface area contributed by atoms with Crippen molar-refractivity contribution in [2.75, 3.05) is 6.61 Å². The van der Waals surface area contributed by atoms with Gasteiger partial charge in [0.2, 0.25) is 6.10 Å². The summed E-state index contributed by atoms with van der Waals surface area (Å²) in [5, 5.41) is 0.944. The highest BCUT2D eigenvalue weighted by atomic mass is 35.5. The fourth-order valence-corrected chi connectivity index (χ4v) is 3.54. The molecule has 5 nitrogen and oxygen atoms in total. The number of hydrogen-bond acceptors (Lipinski definition) is 5. The van der Waals surface area contributed by atoms with Crippen LogP contribution < -0.4 is 10.4 Å². The Morgan fingerprint density at radius 3 is 2.35 bits per heavy atom. The van der Waals surface area contributed by atoms with Crippen LogP contribution in [0.25, 0.3) is 22.1 Å². The lowest BCUT2D eigenvalue weighted by atomic mass is 10.0. The fourth-order valence-electron chi connectivity index (χ4n) is 3.33. The Bertz CT molecular complexity index is 1270. The third-order valence-electron chi connectivity index (χ3n) is 4.73. The largest absolute Gasteiger partial charge is 0.472 e. The zero-order valence-corrected chi connectivity index (χ0v) is 17.5. The van der Waals surface area contributed by atoms with Gasteiger partial charge in [0.05, 0.1) is 11.6 Å². The van der Waals surface area contributed by atoms with E-state index in [1.165, 1.54) is 12.1 Å². The summed E-state index contributed by atoms with van der Waals surface area (Å²) in [4.78, 5) is 24.7. The SMILES string of the molecule is CCOC(=O)[C@@H](Oc1cc2oc(=O)cc(-c3ccccc3)c2cc1Cl)c1ccccc1. The van der Waals surface area contributed by atoms with Gasteiger partial charge in [-0.1, -0.05) is 72.3 Å². The maximum atomic E-state index is 12.6. The second kappa shape index (κ2) is 9.06. The predicted molar refractivity (Wildman–Crippen MR) is 119 cm³/mol. The average molecular weight is 435 g/mol. The van der Waals surface area contributed by atoms with Crippen LogP contribution in [-0.2, 0) is 9.53 Å². The van der Waals surface area contributed by atoms with E-state index in [0.29, 0.717) is 22.1 Å². The lowest BCUT2D eigenvalue weighted by Gasteiger charge is -2.19. The molecule has 4 aromatic rings. The monoisotopic (exact) mass is 434 g/mol. The molecular weight excluding hydrogens is 416 g/mol. The third kappa shape index (κ3) is 4.47. The highest BCUT2D eigenvalue weighted by molar-refractivity contribution is 6.33. The molecule has 0 saturated carbocycles. The molecule has 0 aliphatic heterocycles. The molecule has 6 heteroatoms. The van der Waals surface area contributed by atoms with Crippen molar-refractivity contribution in [3.8, 4) is 16.9 Å². The Morgan fingerprint density at radius 2 is 1.68 bits per heavy atom. The molecule has 0 spiro atoms. The summed E-state index contributed by atoms with van der Waals surface area (Å²) in [6.07, 6.45) is -1.01. The van der Waals surface area contributed by atoms with Crippen LogP contribution in [0.1, 0.15) is 18.6 Å². The number of hydrogen-bond donors (Lipinski definition) is 0. The van der Waals surface area contributed by atoms with Crippen molar-refractivity contribution >= 4 is 28.5 Å². The van der Waals surface area contributed by atoms with Gasteiger partial charge in [-0.05, 0) is 24.1 Å². The van der Waals surface area contributed by atoms with Gasteiger partial charge < -0.3 is 13.9 Å². The summed E-state index contributed by atoms with van der Waals surface area (Å²) in [7, 11) is 0. The Kier molecular flexibility index (Phi) is 6.05. The van der Waals surface area contributed by atoms with Crippen molar-refractivity contribution in [2.45, 2.75) is 13.0 Å². The second-order valence-corrected chi connectivity index (χ2v) is 7.19. The van der Waals surface area contributed by atoms with Crippen molar-refractivity contribution in [1.29, 1.82) is 0 Å². The molecule has 1 heterocycles. The van der Waals surface area contributed by atoms with E-state index in [-0.39, 0.29) is 17.4 Å². The lowest BCUT2D eigenvalue weighted by molar-refractivity contribution is -0.151. The molecular formula is C25H19ClO5. The smallest absolute Gasteiger partial charge is 0.352 e. The van der Waals surface area contributed by atoms with Gasteiger partial charge in [0.15, 0.2) is 0 Å². The molecule has 0 N–H and O–H groups in total. The number of benzene rings is 3. The van der Waals surface area contributed by atoms with Gasteiger partial charge in [-0.2, -0.15) is 0 Å². The molecule has 1 aromatic heterocycles. The molecule has 4 rings (SSSR count). The number of carbonyl (C=O) groups is 1. The first kappa shape index (κ1) is 20.7. The standard InChI is InChI=1S/C25H19ClO5/c1-2-29-25(28)24(17-11-7-4-8-12-17)31-22-15-21-19(13-20(22)26)18(14-23(27)30-21)16-9-5-3-6-10-16/h3-15,24H,2H2,1H3/t24-/m0/s1. The minimum absolute atomic E-state index is 0.212. The Labute approximate surface area is 183 Å². The van der Waals surface area contributed by atoms with Gasteiger partial charge in [0, 0.05) is 23.1 Å². The summed E-state index contributed by atoms with van der Waals surface area (Å²) < 4.78 is 16.5. The van der Waals surface area contributed by atoms with Crippen LogP contribution >= 0.6 is 11.6 Å². The van der Waals surface area contributed by atoms with Crippen LogP contribution in [0.15, 0.2) is 88.1 Å². The van der Waals surface area contributed by atoms with E-state index in [4.69, 9.17) is 25.5 Å². The van der Waals surface area contributed by atoms with Gasteiger partial charge in [-0.15, -0.1) is 0 Å². The number of rotatable bonds is 6. The van der Waals surface area contributed by atoms with Gasteiger partial charge in [-0.3, -0.25) is 0 Å². The van der Waals surface area contributed by atoms with Gasteiger partial charge >= 0.3 is 11.6 Å². The summed E-state index contributed by atoms with van der Waals surface area (Å²) in [6, 6.07) is 23.1. The summed E-state index contributed by atoms with van der Waals surface area (Å²) >= 11 is 6.52. The maximum Gasteiger partial charge on any atom is 0.352 e. The minimum Gasteiger partial charge on any atom is -0.472 e. The van der Waals surface area contributed by atoms with Crippen LogP contribution in [0, 0.1) is 0 Å². The highest BCUT2D eigenvalue weighted by Gasteiger charge is 2.25. The van der Waals surface area contributed by atoms with Crippen LogP contribution in [0.2, 0.25) is 5.02 Å². The van der Waals surface area contributed by atoms with E-state index in [1.807, 2.05) is 36.4 Å². The number of esters is 1. The predicted octanol–water partition coefficient (Wildman–Crippen LogP) is 5.80. The van der Waals surface area contributed by atoms with Gasteiger partial charge in [0.1, 0.15) is 11.3 Å². The Balaban J connectivity index is 1.80. The summed E-state index contributed by atoms with van der Waals surface area (Å²) in [5.41, 5.74) is 1.99. The van der Waals surface area contributed by atoms with Crippen molar-refractivity contribution < 1.29 is 18.7 Å². The molecule has 31 heavy (non-hydrogen) atoms. The minimum atomic E-state index is -1.01. The van der Waals surface area contributed by atoms with Gasteiger partial charge in [0.25, 0.3) is 0 Å². The quantitative estimate of drug-likeness (QED) is 0.283. The Morgan fingerprint density at radius 1 is 1.00 bits per heavy atom. The second-order valence-electron chi connectivity index (χ2n) is 6.78. The normalized spacial score (nSPS) is 11.8. The molecule has 0 bridgehead atoms. The number of carbonyl (C=O) groups excluding carboxylic acids is 1. The summed E-state index contributed by atoms with van der Waals surface area (Å²) in [5.74, 6) is -0.325. The third-order valence-corrected chi connectivity index (χ3v) is 5.02. The van der Waals surface area contributed by atoms with Crippen LogP contribution in [0.4, 0.5) is 0 Å². The molecule has 0 saturated heterocycles. The first-order valence-electron chi connectivity index (χ1n) is 9.78. The molecule has 0 unspecified atom stereocenters. The van der Waals surface area contributed by atoms with E-state index in [0.717, 1.165) is 5.56 Å². The first-order chi connectivity index (χ1) is 15.1. The maximum absolute atomic E-state index is 12.6. The van der Waals surface area contributed by atoms with E-state index in [1.54, 1.807) is 37.3 Å². The van der Waals surface area contributed by atoms with E-state index in [2.05, 4.69) is 0 Å². The zero-order chi connectivity index (χ0) is 21.8. The van der Waals surface area contributed by atoms with Crippen LogP contribution in [0.5, 0.6) is 5.75 Å². The van der Waals surface area contributed by atoms with Crippen molar-refractivity contribution in [3.63, 3.8) is 0 Å². The molecule has 1 atom stereocenters. The number of ether oxygens (including phenoxy) is 2. The molecule has 0 amide bonds. The zero-order valence-electron chi connectivity index (χ0n) is 16.7. The topological polar surface area (TPSA) is 65.7 Å². The average Bonchev–Trinajstić information content (AvgIpc) is 2.79. The van der Waals surface area contributed by atoms with Crippen molar-refractivity contribution in [2.24, 2.45) is 0 Å². The highest BCUT2D eigenvalue weighted by Crippen LogP contribution is 2.37. The van der Waals surface area contributed by atoms with E-state index >= 15 is 0 Å². The van der Waals surface area contributed by atoms with Crippen molar-refractivity contribution in [3.05, 3.63) is 99.9 Å². The molecule has 156 valence electrons. The lowest BCUT2D eigenvalue weighted by Crippen LogP contribution is -2.21. The fraction of sp³-hybridized carbons (Fsp3) is 0.120. The van der Waals surface area contributed by atoms with E-state index < -0.39 is 17.7 Å². The molecule has 0 fully saturated rings. The molecule has 0 radical (unpaired) electrons. The van der Waals surface area contributed by atoms with Gasteiger partial charge in [-0.25, -0.2) is 9.59 Å². The number of fused-ring (bicyclic) bond motifs is 1. The van der Waals surface area contributed by atoms with Crippen LogP contribution in [-0.4, -0.2) is 12.6 Å². The molecule has 3 aromatic carbocycles. The van der Waals surface area contributed by atoms with E-state index in [9.17, 15) is 9.59 Å². The number of halogens is 1. The Hall–Kier alpha value is -3.57. The molecule has 0 aliphatic rings.